The van der Waals surface area contributed by atoms with Crippen LogP contribution in [0.15, 0.2) is 12.1 Å². The molecule has 0 aromatic heterocycles. The van der Waals surface area contributed by atoms with Crippen molar-refractivity contribution in [1.29, 1.82) is 0 Å². The van der Waals surface area contributed by atoms with E-state index in [9.17, 15) is 4.79 Å². The summed E-state index contributed by atoms with van der Waals surface area (Å²) in [6, 6.07) is 3.79. The van der Waals surface area contributed by atoms with Gasteiger partial charge in [0.15, 0.2) is 0 Å². The molecule has 1 unspecified atom stereocenters. The summed E-state index contributed by atoms with van der Waals surface area (Å²) in [5.41, 5.74) is 1.99. The van der Waals surface area contributed by atoms with Crippen molar-refractivity contribution in [2.45, 2.75) is 32.1 Å². The Hall–Kier alpha value is -1.22. The highest BCUT2D eigenvalue weighted by atomic mass is 35.5. The summed E-state index contributed by atoms with van der Waals surface area (Å²) in [4.78, 5) is 10.9. The Kier molecular flexibility index (Phi) is 3.81. The van der Waals surface area contributed by atoms with Crippen LogP contribution in [0.4, 0.5) is 0 Å². The Labute approximate surface area is 112 Å². The third-order valence-corrected chi connectivity index (χ3v) is 3.63. The first-order valence-electron chi connectivity index (χ1n) is 6.12. The first-order chi connectivity index (χ1) is 8.52. The summed E-state index contributed by atoms with van der Waals surface area (Å²) in [5, 5.41) is 9.63. The van der Waals surface area contributed by atoms with Crippen molar-refractivity contribution in [3.63, 3.8) is 0 Å². The highest BCUT2D eigenvalue weighted by Gasteiger charge is 2.29. The second-order valence-corrected chi connectivity index (χ2v) is 5.32. The van der Waals surface area contributed by atoms with E-state index in [-0.39, 0.29) is 0 Å². The maximum Gasteiger partial charge on any atom is 0.306 e. The van der Waals surface area contributed by atoms with Crippen molar-refractivity contribution >= 4 is 17.6 Å². The van der Waals surface area contributed by atoms with Crippen molar-refractivity contribution in [3.05, 3.63) is 28.3 Å². The van der Waals surface area contributed by atoms with Gasteiger partial charge in [-0.1, -0.05) is 18.5 Å². The summed E-state index contributed by atoms with van der Waals surface area (Å²) >= 11 is 6.28. The molecule has 4 heteroatoms. The largest absolute Gasteiger partial charge is 0.496 e. The van der Waals surface area contributed by atoms with Gasteiger partial charge in [-0.3, -0.25) is 4.79 Å². The number of carboxylic acid groups (broad SMARTS) is 1. The van der Waals surface area contributed by atoms with Crippen molar-refractivity contribution in [1.82, 2.24) is 0 Å². The molecule has 1 N–H and O–H groups in total. The number of hydrogen-bond acceptors (Lipinski definition) is 2. The predicted molar refractivity (Wildman–Crippen MR) is 70.5 cm³/mol. The van der Waals surface area contributed by atoms with Crippen LogP contribution in [0.5, 0.6) is 5.75 Å². The molecule has 1 fully saturated rings. The van der Waals surface area contributed by atoms with Crippen LogP contribution in [0, 0.1) is 5.92 Å². The lowest BCUT2D eigenvalue weighted by atomic mass is 9.98. The molecule has 0 amide bonds. The quantitative estimate of drug-likeness (QED) is 0.889. The van der Waals surface area contributed by atoms with Crippen LogP contribution < -0.4 is 4.74 Å². The number of carboxylic acids is 1. The van der Waals surface area contributed by atoms with E-state index in [1.165, 1.54) is 0 Å². The number of benzene rings is 1. The van der Waals surface area contributed by atoms with Gasteiger partial charge in [0.05, 0.1) is 13.0 Å². The van der Waals surface area contributed by atoms with E-state index in [0.717, 1.165) is 29.7 Å². The predicted octanol–water partition coefficient (Wildman–Crippen LogP) is 3.49. The molecule has 1 aliphatic carbocycles. The van der Waals surface area contributed by atoms with Crippen LogP contribution in [0.1, 0.15) is 36.8 Å². The lowest BCUT2D eigenvalue weighted by Gasteiger charge is -2.13. The van der Waals surface area contributed by atoms with Crippen LogP contribution in [-0.2, 0) is 11.2 Å². The SMILES string of the molecule is COc1cc(CC(C)C(=O)O)cc(Cl)c1C1CC1. The number of halogens is 1. The van der Waals surface area contributed by atoms with Gasteiger partial charge >= 0.3 is 5.97 Å². The smallest absolute Gasteiger partial charge is 0.306 e. The van der Waals surface area contributed by atoms with Crippen LogP contribution in [0.2, 0.25) is 5.02 Å². The summed E-state index contributed by atoms with van der Waals surface area (Å²) in [6.07, 6.45) is 2.78. The van der Waals surface area contributed by atoms with E-state index in [1.54, 1.807) is 14.0 Å². The zero-order chi connectivity index (χ0) is 13.3. The first-order valence-corrected chi connectivity index (χ1v) is 6.49. The zero-order valence-electron chi connectivity index (χ0n) is 10.6. The minimum Gasteiger partial charge on any atom is -0.496 e. The molecule has 1 saturated carbocycles. The fraction of sp³-hybridized carbons (Fsp3) is 0.500. The Morgan fingerprint density at radius 2 is 2.22 bits per heavy atom. The molecule has 2 rings (SSSR count). The van der Waals surface area contributed by atoms with E-state index in [4.69, 9.17) is 21.4 Å². The number of methoxy groups -OCH3 is 1. The summed E-state index contributed by atoms with van der Waals surface area (Å²) in [7, 11) is 1.63. The molecule has 1 aliphatic rings. The highest BCUT2D eigenvalue weighted by molar-refractivity contribution is 6.31. The van der Waals surface area contributed by atoms with Crippen LogP contribution >= 0.6 is 11.6 Å². The van der Waals surface area contributed by atoms with E-state index in [0.29, 0.717) is 17.4 Å². The number of rotatable bonds is 5. The van der Waals surface area contributed by atoms with Gasteiger partial charge in [0.1, 0.15) is 5.75 Å². The summed E-state index contributed by atoms with van der Waals surface area (Å²) in [5.74, 6) is 0.0879. The lowest BCUT2D eigenvalue weighted by molar-refractivity contribution is -0.141. The molecule has 0 spiro atoms. The standard InChI is InChI=1S/C14H17ClO3/c1-8(14(16)17)5-9-6-11(15)13(10-3-4-10)12(7-9)18-2/h6-8,10H,3-5H2,1-2H3,(H,16,17). The normalized spacial score (nSPS) is 16.4. The second kappa shape index (κ2) is 5.19. The molecule has 1 atom stereocenters. The molecule has 0 bridgehead atoms. The molecular weight excluding hydrogens is 252 g/mol. The van der Waals surface area contributed by atoms with Gasteiger partial charge in [0.2, 0.25) is 0 Å². The fourth-order valence-corrected chi connectivity index (χ4v) is 2.53. The van der Waals surface area contributed by atoms with Gasteiger partial charge < -0.3 is 9.84 Å². The van der Waals surface area contributed by atoms with Gasteiger partial charge in [-0.2, -0.15) is 0 Å². The molecule has 0 radical (unpaired) electrons. The average molecular weight is 269 g/mol. The third kappa shape index (κ3) is 2.78. The van der Waals surface area contributed by atoms with Crippen molar-refractivity contribution in [3.8, 4) is 5.75 Å². The summed E-state index contributed by atoms with van der Waals surface area (Å²) < 4.78 is 5.38. The van der Waals surface area contributed by atoms with E-state index >= 15 is 0 Å². The van der Waals surface area contributed by atoms with Gasteiger partial charge in [-0.15, -0.1) is 0 Å². The molecule has 1 aromatic carbocycles. The number of hydrogen-bond donors (Lipinski definition) is 1. The zero-order valence-corrected chi connectivity index (χ0v) is 11.3. The van der Waals surface area contributed by atoms with Crippen molar-refractivity contribution in [2.75, 3.05) is 7.11 Å². The Balaban J connectivity index is 2.27. The van der Waals surface area contributed by atoms with E-state index in [1.807, 2.05) is 12.1 Å². The molecule has 0 saturated heterocycles. The fourth-order valence-electron chi connectivity index (χ4n) is 2.14. The number of aliphatic carboxylic acids is 1. The Morgan fingerprint density at radius 1 is 1.56 bits per heavy atom. The van der Waals surface area contributed by atoms with Gasteiger partial charge in [-0.05, 0) is 42.9 Å². The van der Waals surface area contributed by atoms with Crippen LogP contribution in [-0.4, -0.2) is 18.2 Å². The maximum absolute atomic E-state index is 10.9. The number of carbonyl (C=O) groups is 1. The lowest BCUT2D eigenvalue weighted by Crippen LogP contribution is -2.12. The first kappa shape index (κ1) is 13.2. The molecule has 0 aliphatic heterocycles. The van der Waals surface area contributed by atoms with E-state index in [2.05, 4.69) is 0 Å². The monoisotopic (exact) mass is 268 g/mol. The van der Waals surface area contributed by atoms with Gasteiger partial charge in [-0.25, -0.2) is 0 Å². The van der Waals surface area contributed by atoms with Gasteiger partial charge in [0.25, 0.3) is 0 Å². The average Bonchev–Trinajstić information content (AvgIpc) is 3.11. The minimum absolute atomic E-state index is 0.419. The molecule has 98 valence electrons. The maximum atomic E-state index is 10.9. The molecular formula is C14H17ClO3. The Bertz CT molecular complexity index is 466. The Morgan fingerprint density at radius 3 is 2.72 bits per heavy atom. The molecule has 18 heavy (non-hydrogen) atoms. The van der Waals surface area contributed by atoms with Gasteiger partial charge in [0, 0.05) is 10.6 Å². The van der Waals surface area contributed by atoms with Crippen LogP contribution in [0.3, 0.4) is 0 Å². The minimum atomic E-state index is -0.795. The number of ether oxygens (including phenoxy) is 1. The topological polar surface area (TPSA) is 46.5 Å². The third-order valence-electron chi connectivity index (χ3n) is 3.32. The van der Waals surface area contributed by atoms with Crippen molar-refractivity contribution in [2.24, 2.45) is 5.92 Å². The molecule has 1 aromatic rings. The van der Waals surface area contributed by atoms with Crippen LogP contribution in [0.25, 0.3) is 0 Å². The van der Waals surface area contributed by atoms with Crippen molar-refractivity contribution < 1.29 is 14.6 Å². The highest BCUT2D eigenvalue weighted by Crippen LogP contribution is 2.48. The van der Waals surface area contributed by atoms with E-state index < -0.39 is 11.9 Å². The molecule has 3 nitrogen and oxygen atoms in total. The summed E-state index contributed by atoms with van der Waals surface area (Å²) in [6.45, 7) is 1.69. The molecule has 0 heterocycles. The second-order valence-electron chi connectivity index (χ2n) is 4.91.